The molecule has 0 bridgehead atoms. The third-order valence-corrected chi connectivity index (χ3v) is 6.98. The minimum atomic E-state index is -0.252. The van der Waals surface area contributed by atoms with Crippen LogP contribution in [0.25, 0.3) is 15.9 Å². The first kappa shape index (κ1) is 21.9. The molecule has 158 valence electrons. The summed E-state index contributed by atoms with van der Waals surface area (Å²) in [5.74, 6) is -0.182. The fraction of sp³-hybridized carbons (Fsp3) is 0.136. The van der Waals surface area contributed by atoms with Gasteiger partial charge in [0.15, 0.2) is 5.16 Å². The number of hydrogen-bond acceptors (Lipinski definition) is 5. The van der Waals surface area contributed by atoms with Crippen LogP contribution in [0.1, 0.15) is 11.8 Å². The summed E-state index contributed by atoms with van der Waals surface area (Å²) in [6.45, 7) is 2.04. The van der Waals surface area contributed by atoms with Crippen LogP contribution in [0.3, 0.4) is 0 Å². The molecule has 1 N–H and O–H groups in total. The molecule has 1 amide bonds. The van der Waals surface area contributed by atoms with Crippen LogP contribution in [0, 0.1) is 0 Å². The predicted octanol–water partition coefficient (Wildman–Crippen LogP) is 6.05. The number of carbonyl (C=O) groups excluding carboxylic acids is 1. The molecule has 4 rings (SSSR count). The van der Waals surface area contributed by atoms with Gasteiger partial charge in [-0.2, -0.15) is 0 Å². The lowest BCUT2D eigenvalue weighted by Gasteiger charge is -2.12. The summed E-state index contributed by atoms with van der Waals surface area (Å²) in [5.41, 5.74) is 1.07. The lowest BCUT2D eigenvalue weighted by Crippen LogP contribution is -2.22. The van der Waals surface area contributed by atoms with E-state index in [1.54, 1.807) is 22.8 Å². The number of hydrogen-bond donors (Lipinski definition) is 1. The molecule has 4 aromatic rings. The second-order valence-corrected chi connectivity index (χ2v) is 9.58. The molecule has 0 radical (unpaired) electrons. The van der Waals surface area contributed by atoms with Crippen molar-refractivity contribution in [1.29, 1.82) is 0 Å². The average molecular weight is 490 g/mol. The molecule has 2 aromatic carbocycles. The molecule has 0 spiro atoms. The highest BCUT2D eigenvalue weighted by molar-refractivity contribution is 7.99. The number of fused-ring (bicyclic) bond motifs is 1. The third-order valence-electron chi connectivity index (χ3n) is 4.43. The van der Waals surface area contributed by atoms with E-state index in [-0.39, 0.29) is 17.2 Å². The van der Waals surface area contributed by atoms with Crippen LogP contribution in [0.15, 0.2) is 64.5 Å². The Morgan fingerprint density at radius 3 is 2.52 bits per heavy atom. The number of rotatable bonds is 6. The Morgan fingerprint density at radius 2 is 1.84 bits per heavy atom. The zero-order chi connectivity index (χ0) is 22.0. The highest BCUT2D eigenvalue weighted by atomic mass is 35.5. The number of benzene rings is 2. The number of thiophene rings is 1. The molecule has 31 heavy (non-hydrogen) atoms. The van der Waals surface area contributed by atoms with Crippen molar-refractivity contribution in [3.05, 3.63) is 79.9 Å². The van der Waals surface area contributed by atoms with Gasteiger partial charge in [-0.05, 0) is 42.8 Å². The fourth-order valence-electron chi connectivity index (χ4n) is 3.04. The summed E-state index contributed by atoms with van der Waals surface area (Å²) in [4.78, 5) is 32.3. The Kier molecular flexibility index (Phi) is 6.67. The van der Waals surface area contributed by atoms with E-state index >= 15 is 0 Å². The fourth-order valence-corrected chi connectivity index (χ4v) is 5.39. The second-order valence-electron chi connectivity index (χ2n) is 6.65. The molecule has 0 saturated heterocycles. The highest BCUT2D eigenvalue weighted by Crippen LogP contribution is 2.27. The summed E-state index contributed by atoms with van der Waals surface area (Å²) in [6.07, 6.45) is 0.832. The number of para-hydroxylation sites is 1. The van der Waals surface area contributed by atoms with Crippen LogP contribution < -0.4 is 10.9 Å². The molecular formula is C22H17Cl2N3O2S2. The molecule has 0 atom stereocenters. The molecule has 5 nitrogen and oxygen atoms in total. The molecule has 0 unspecified atom stereocenters. The molecule has 0 aliphatic carbocycles. The smallest absolute Gasteiger partial charge is 0.267 e. The maximum absolute atomic E-state index is 13.3. The number of aromatic nitrogens is 2. The van der Waals surface area contributed by atoms with Crippen molar-refractivity contribution in [2.24, 2.45) is 0 Å². The van der Waals surface area contributed by atoms with Crippen LogP contribution in [0.5, 0.6) is 0 Å². The number of halogens is 2. The Bertz CT molecular complexity index is 1300. The summed E-state index contributed by atoms with van der Waals surface area (Å²) >= 11 is 14.7. The molecule has 0 fully saturated rings. The Balaban J connectivity index is 1.66. The number of aryl methyl sites for hydroxylation is 1. The Morgan fingerprint density at radius 1 is 1.13 bits per heavy atom. The Hall–Kier alpha value is -2.32. The van der Waals surface area contributed by atoms with E-state index in [9.17, 15) is 9.59 Å². The first-order chi connectivity index (χ1) is 14.9. The van der Waals surface area contributed by atoms with Gasteiger partial charge in [0, 0.05) is 20.6 Å². The van der Waals surface area contributed by atoms with Crippen LogP contribution in [-0.2, 0) is 11.2 Å². The van der Waals surface area contributed by atoms with Gasteiger partial charge in [-0.1, -0.05) is 60.1 Å². The van der Waals surface area contributed by atoms with Gasteiger partial charge in [0.1, 0.15) is 4.83 Å². The summed E-state index contributed by atoms with van der Waals surface area (Å²) in [6, 6.07) is 16.0. The predicted molar refractivity (Wildman–Crippen MR) is 130 cm³/mol. The first-order valence-corrected chi connectivity index (χ1v) is 12.0. The van der Waals surface area contributed by atoms with E-state index < -0.39 is 0 Å². The van der Waals surface area contributed by atoms with Crippen molar-refractivity contribution in [1.82, 2.24) is 9.55 Å². The molecule has 0 saturated carbocycles. The van der Waals surface area contributed by atoms with E-state index in [1.165, 1.54) is 23.1 Å². The normalized spacial score (nSPS) is 11.1. The minimum Gasteiger partial charge on any atom is -0.325 e. The quantitative estimate of drug-likeness (QED) is 0.264. The van der Waals surface area contributed by atoms with Crippen LogP contribution in [0.4, 0.5) is 5.69 Å². The van der Waals surface area contributed by atoms with Gasteiger partial charge < -0.3 is 5.32 Å². The molecule has 0 aliphatic heterocycles. The zero-order valence-electron chi connectivity index (χ0n) is 16.4. The van der Waals surface area contributed by atoms with Gasteiger partial charge >= 0.3 is 0 Å². The van der Waals surface area contributed by atoms with E-state index in [1.807, 2.05) is 43.3 Å². The summed E-state index contributed by atoms with van der Waals surface area (Å²) in [7, 11) is 0. The maximum atomic E-state index is 13.3. The van der Waals surface area contributed by atoms with Crippen molar-refractivity contribution in [3.8, 4) is 5.69 Å². The third kappa shape index (κ3) is 4.96. The lowest BCUT2D eigenvalue weighted by atomic mass is 10.3. The largest absolute Gasteiger partial charge is 0.325 e. The molecule has 2 heterocycles. The number of carbonyl (C=O) groups is 1. The number of thioether (sulfide) groups is 1. The zero-order valence-corrected chi connectivity index (χ0v) is 19.5. The van der Waals surface area contributed by atoms with Crippen LogP contribution >= 0.6 is 46.3 Å². The number of nitrogens with zero attached hydrogens (tertiary/aromatic N) is 2. The number of nitrogens with one attached hydrogen (secondary N) is 1. The standard InChI is InChI=1S/C22H17Cl2N3O2S2/c1-2-17-11-18-20(31-17)26-22(27(21(18)29)16-6-4-3-5-7-16)30-12-19(28)25-15-9-13(23)8-14(24)10-15/h3-11H,2,12H2,1H3,(H,25,28). The van der Waals surface area contributed by atoms with E-state index in [2.05, 4.69) is 5.32 Å². The number of amides is 1. The van der Waals surface area contributed by atoms with Gasteiger partial charge in [-0.25, -0.2) is 4.98 Å². The highest BCUT2D eigenvalue weighted by Gasteiger charge is 2.17. The number of anilines is 1. The van der Waals surface area contributed by atoms with Gasteiger partial charge in [-0.15, -0.1) is 11.3 Å². The van der Waals surface area contributed by atoms with Gasteiger partial charge in [0.05, 0.1) is 16.8 Å². The first-order valence-electron chi connectivity index (χ1n) is 9.44. The Labute approximate surface area is 197 Å². The van der Waals surface area contributed by atoms with E-state index in [0.29, 0.717) is 36.8 Å². The topological polar surface area (TPSA) is 64.0 Å². The SMILES string of the molecule is CCc1cc2c(=O)n(-c3ccccc3)c(SCC(=O)Nc3cc(Cl)cc(Cl)c3)nc2s1. The van der Waals surface area contributed by atoms with Crippen molar-refractivity contribution < 1.29 is 4.79 Å². The second kappa shape index (κ2) is 9.44. The van der Waals surface area contributed by atoms with Crippen molar-refractivity contribution in [2.45, 2.75) is 18.5 Å². The molecular weight excluding hydrogens is 473 g/mol. The van der Waals surface area contributed by atoms with Gasteiger partial charge in [0.25, 0.3) is 5.56 Å². The monoisotopic (exact) mass is 489 g/mol. The van der Waals surface area contributed by atoms with Gasteiger partial charge in [0.2, 0.25) is 5.91 Å². The van der Waals surface area contributed by atoms with E-state index in [0.717, 1.165) is 11.3 Å². The molecule has 2 aromatic heterocycles. The summed E-state index contributed by atoms with van der Waals surface area (Å²) < 4.78 is 1.56. The lowest BCUT2D eigenvalue weighted by molar-refractivity contribution is -0.113. The van der Waals surface area contributed by atoms with E-state index in [4.69, 9.17) is 28.2 Å². The summed E-state index contributed by atoms with van der Waals surface area (Å²) in [5, 5.41) is 4.70. The van der Waals surface area contributed by atoms with Gasteiger partial charge in [-0.3, -0.25) is 14.2 Å². The van der Waals surface area contributed by atoms with Crippen LogP contribution in [-0.4, -0.2) is 21.2 Å². The average Bonchev–Trinajstić information content (AvgIpc) is 3.16. The maximum Gasteiger partial charge on any atom is 0.267 e. The molecule has 0 aliphatic rings. The van der Waals surface area contributed by atoms with Crippen LogP contribution in [0.2, 0.25) is 10.0 Å². The minimum absolute atomic E-state index is 0.0704. The molecule has 9 heteroatoms. The van der Waals surface area contributed by atoms with Crippen molar-refractivity contribution in [3.63, 3.8) is 0 Å². The van der Waals surface area contributed by atoms with Crippen molar-refractivity contribution in [2.75, 3.05) is 11.1 Å². The van der Waals surface area contributed by atoms with Crippen molar-refractivity contribution >= 4 is 68.1 Å².